The van der Waals surface area contributed by atoms with Crippen molar-refractivity contribution in [3.8, 4) is 0 Å². The van der Waals surface area contributed by atoms with Crippen molar-refractivity contribution in [1.29, 1.82) is 0 Å². The summed E-state index contributed by atoms with van der Waals surface area (Å²) in [6.07, 6.45) is -4.26. The van der Waals surface area contributed by atoms with E-state index in [0.29, 0.717) is 17.1 Å². The van der Waals surface area contributed by atoms with Gasteiger partial charge in [-0.1, -0.05) is 48.0 Å². The van der Waals surface area contributed by atoms with E-state index in [9.17, 15) is 22.8 Å². The third-order valence-corrected chi connectivity index (χ3v) is 5.87. The number of Topliss-reactive ketones (excluding diaryl/α,β-unsaturated/α-hetero) is 1. The molecule has 2 aromatic rings. The zero-order chi connectivity index (χ0) is 20.8. The lowest BCUT2D eigenvalue weighted by Gasteiger charge is -2.35. The van der Waals surface area contributed by atoms with Crippen molar-refractivity contribution in [2.75, 3.05) is 0 Å². The van der Waals surface area contributed by atoms with Crippen molar-refractivity contribution in [1.82, 2.24) is 5.32 Å². The van der Waals surface area contributed by atoms with Crippen LogP contribution in [0.4, 0.5) is 13.2 Å². The zero-order valence-electron chi connectivity index (χ0n) is 15.2. The topological polar surface area (TPSA) is 46.2 Å². The van der Waals surface area contributed by atoms with Crippen LogP contribution in [0.3, 0.4) is 0 Å². The van der Waals surface area contributed by atoms with Crippen molar-refractivity contribution in [3.63, 3.8) is 0 Å². The maximum Gasteiger partial charge on any atom is 0.416 e. The van der Waals surface area contributed by atoms with E-state index in [2.05, 4.69) is 5.32 Å². The highest BCUT2D eigenvalue weighted by atomic mass is 35.5. The van der Waals surface area contributed by atoms with Crippen LogP contribution in [0.15, 0.2) is 59.8 Å². The molecule has 1 amide bonds. The number of nitrogens with one attached hydrogen (secondary N) is 1. The SMILES string of the molecule is O=C1C[C@H](c2ccccc2C(F)(F)F)C2=C(C[C@H](c3ccccc3Cl)CC2=O)N1. The standard InChI is InChI=1S/C22H17ClF3NO2/c23-17-8-4-2-5-13(17)12-9-18-21(19(28)10-12)15(11-20(29)27-18)14-6-1-3-7-16(14)22(24,25)26/h1-8,12,15H,9-11H2,(H,27,29)/t12-,15+/m0/s1. The highest BCUT2D eigenvalue weighted by Gasteiger charge is 2.42. The molecule has 4 rings (SSSR count). The second-order valence-electron chi connectivity index (χ2n) is 7.33. The third-order valence-electron chi connectivity index (χ3n) is 5.52. The van der Waals surface area contributed by atoms with Gasteiger partial charge in [0.25, 0.3) is 0 Å². The molecule has 7 heteroatoms. The molecule has 0 saturated carbocycles. The van der Waals surface area contributed by atoms with Gasteiger partial charge >= 0.3 is 6.18 Å². The molecule has 29 heavy (non-hydrogen) atoms. The van der Waals surface area contributed by atoms with Crippen LogP contribution in [-0.4, -0.2) is 11.7 Å². The first kappa shape index (κ1) is 19.7. The molecule has 0 fully saturated rings. The van der Waals surface area contributed by atoms with Gasteiger partial charge in [0.15, 0.2) is 5.78 Å². The lowest BCUT2D eigenvalue weighted by atomic mass is 9.72. The lowest BCUT2D eigenvalue weighted by Crippen LogP contribution is -2.38. The Morgan fingerprint density at radius 1 is 0.897 bits per heavy atom. The molecule has 0 spiro atoms. The van der Waals surface area contributed by atoms with Gasteiger partial charge in [-0.05, 0) is 35.6 Å². The molecule has 150 valence electrons. The van der Waals surface area contributed by atoms with E-state index in [1.165, 1.54) is 18.2 Å². The van der Waals surface area contributed by atoms with Crippen LogP contribution in [0.2, 0.25) is 5.02 Å². The molecule has 0 radical (unpaired) electrons. The Morgan fingerprint density at radius 2 is 1.55 bits per heavy atom. The predicted molar refractivity (Wildman–Crippen MR) is 102 cm³/mol. The smallest absolute Gasteiger partial charge is 0.329 e. The largest absolute Gasteiger partial charge is 0.416 e. The van der Waals surface area contributed by atoms with Gasteiger partial charge in [0, 0.05) is 35.1 Å². The van der Waals surface area contributed by atoms with Crippen molar-refractivity contribution >= 4 is 23.3 Å². The van der Waals surface area contributed by atoms with Gasteiger partial charge in [0.1, 0.15) is 0 Å². The Balaban J connectivity index is 1.78. The molecule has 1 heterocycles. The van der Waals surface area contributed by atoms with Gasteiger partial charge in [-0.15, -0.1) is 0 Å². The molecule has 1 N–H and O–H groups in total. The maximum atomic E-state index is 13.5. The fourth-order valence-electron chi connectivity index (χ4n) is 4.31. The van der Waals surface area contributed by atoms with Crippen LogP contribution in [0.25, 0.3) is 0 Å². The fraction of sp³-hybridized carbons (Fsp3) is 0.273. The van der Waals surface area contributed by atoms with Gasteiger partial charge in [0.05, 0.1) is 5.56 Å². The van der Waals surface area contributed by atoms with Crippen LogP contribution in [0.1, 0.15) is 47.8 Å². The van der Waals surface area contributed by atoms with E-state index >= 15 is 0 Å². The second kappa shape index (κ2) is 7.34. The van der Waals surface area contributed by atoms with E-state index in [-0.39, 0.29) is 35.7 Å². The Morgan fingerprint density at radius 3 is 2.24 bits per heavy atom. The molecule has 2 aliphatic rings. The molecule has 1 aliphatic carbocycles. The van der Waals surface area contributed by atoms with E-state index in [1.54, 1.807) is 12.1 Å². The number of ketones is 1. The highest BCUT2D eigenvalue weighted by molar-refractivity contribution is 6.31. The number of rotatable bonds is 2. The molecule has 2 atom stereocenters. The predicted octanol–water partition coefficient (Wildman–Crippen LogP) is 5.36. The first-order chi connectivity index (χ1) is 13.8. The Kier molecular flexibility index (Phi) is 4.99. The molecule has 0 unspecified atom stereocenters. The Hall–Kier alpha value is -2.60. The van der Waals surface area contributed by atoms with Gasteiger partial charge in [-0.25, -0.2) is 0 Å². The average Bonchev–Trinajstić information content (AvgIpc) is 2.66. The maximum absolute atomic E-state index is 13.5. The summed E-state index contributed by atoms with van der Waals surface area (Å²) in [7, 11) is 0. The van der Waals surface area contributed by atoms with E-state index in [0.717, 1.165) is 11.6 Å². The molecule has 0 bridgehead atoms. The van der Waals surface area contributed by atoms with E-state index in [4.69, 9.17) is 11.6 Å². The average molecular weight is 420 g/mol. The van der Waals surface area contributed by atoms with Gasteiger partial charge in [0.2, 0.25) is 5.91 Å². The number of alkyl halides is 3. The third kappa shape index (κ3) is 3.69. The minimum Gasteiger partial charge on any atom is -0.329 e. The number of amides is 1. The number of carbonyl (C=O) groups excluding carboxylic acids is 2. The van der Waals surface area contributed by atoms with Gasteiger partial charge < -0.3 is 5.32 Å². The quantitative estimate of drug-likeness (QED) is 0.712. The lowest BCUT2D eigenvalue weighted by molar-refractivity contribution is -0.138. The molecular formula is C22H17ClF3NO2. The molecule has 0 saturated heterocycles. The molecular weight excluding hydrogens is 403 g/mol. The summed E-state index contributed by atoms with van der Waals surface area (Å²) in [4.78, 5) is 25.4. The summed E-state index contributed by atoms with van der Waals surface area (Å²) in [5.41, 5.74) is 0.634. The van der Waals surface area contributed by atoms with Gasteiger partial charge in [-0.3, -0.25) is 9.59 Å². The first-order valence-electron chi connectivity index (χ1n) is 9.22. The highest BCUT2D eigenvalue weighted by Crippen LogP contribution is 2.46. The summed E-state index contributed by atoms with van der Waals surface area (Å²) >= 11 is 6.26. The van der Waals surface area contributed by atoms with Crippen molar-refractivity contribution < 1.29 is 22.8 Å². The number of hydrogen-bond donors (Lipinski definition) is 1. The summed E-state index contributed by atoms with van der Waals surface area (Å²) < 4.78 is 40.6. The zero-order valence-corrected chi connectivity index (χ0v) is 16.0. The van der Waals surface area contributed by atoms with Crippen LogP contribution < -0.4 is 5.32 Å². The Bertz CT molecular complexity index is 1030. The number of benzene rings is 2. The number of allylic oxidation sites excluding steroid dienone is 2. The minimum atomic E-state index is -4.57. The van der Waals surface area contributed by atoms with Crippen LogP contribution in [0.5, 0.6) is 0 Å². The van der Waals surface area contributed by atoms with Crippen LogP contribution >= 0.6 is 11.6 Å². The Labute approximate surface area is 170 Å². The summed E-state index contributed by atoms with van der Waals surface area (Å²) in [5.74, 6) is -1.78. The monoisotopic (exact) mass is 419 g/mol. The van der Waals surface area contributed by atoms with E-state index in [1.807, 2.05) is 12.1 Å². The molecule has 3 nitrogen and oxygen atoms in total. The summed E-state index contributed by atoms with van der Waals surface area (Å²) in [5, 5.41) is 3.24. The van der Waals surface area contributed by atoms with Crippen LogP contribution in [0, 0.1) is 0 Å². The molecule has 0 aromatic heterocycles. The van der Waals surface area contributed by atoms with Crippen molar-refractivity contribution in [2.24, 2.45) is 0 Å². The second-order valence-corrected chi connectivity index (χ2v) is 7.74. The van der Waals surface area contributed by atoms with Crippen LogP contribution in [-0.2, 0) is 15.8 Å². The number of carbonyl (C=O) groups is 2. The fourth-order valence-corrected chi connectivity index (χ4v) is 4.60. The molecule has 1 aliphatic heterocycles. The number of halogens is 4. The van der Waals surface area contributed by atoms with E-state index < -0.39 is 23.6 Å². The first-order valence-corrected chi connectivity index (χ1v) is 9.60. The summed E-state index contributed by atoms with van der Waals surface area (Å²) in [6, 6.07) is 12.3. The normalized spacial score (nSPS) is 22.3. The number of hydrogen-bond acceptors (Lipinski definition) is 2. The van der Waals surface area contributed by atoms with Gasteiger partial charge in [-0.2, -0.15) is 13.2 Å². The minimum absolute atomic E-state index is 0.0353. The summed E-state index contributed by atoms with van der Waals surface area (Å²) in [6.45, 7) is 0. The molecule has 2 aromatic carbocycles. The van der Waals surface area contributed by atoms with Crippen molar-refractivity contribution in [3.05, 3.63) is 81.5 Å². The van der Waals surface area contributed by atoms with Crippen molar-refractivity contribution in [2.45, 2.75) is 37.3 Å².